The second-order valence-electron chi connectivity index (χ2n) is 3.93. The van der Waals surface area contributed by atoms with Gasteiger partial charge in [-0.1, -0.05) is 12.1 Å². The normalized spacial score (nSPS) is 12.2. The molecule has 0 saturated carbocycles. The Balaban J connectivity index is 2.20. The molecule has 1 aromatic heterocycles. The van der Waals surface area contributed by atoms with E-state index in [1.165, 1.54) is 0 Å². The minimum Gasteiger partial charge on any atom is -0.494 e. The van der Waals surface area contributed by atoms with Gasteiger partial charge in [0.2, 0.25) is 0 Å². The number of aliphatic hydroxyl groups excluding tert-OH is 1. The first-order valence-corrected chi connectivity index (χ1v) is 5.91. The Labute approximate surface area is 106 Å². The molecule has 1 heterocycles. The van der Waals surface area contributed by atoms with E-state index in [4.69, 9.17) is 4.74 Å². The third-order valence-electron chi connectivity index (χ3n) is 2.58. The van der Waals surface area contributed by atoms with E-state index in [1.807, 2.05) is 31.2 Å². The summed E-state index contributed by atoms with van der Waals surface area (Å²) < 4.78 is 5.36. The van der Waals surface area contributed by atoms with Crippen molar-refractivity contribution in [2.45, 2.75) is 20.0 Å². The van der Waals surface area contributed by atoms with E-state index in [0.717, 1.165) is 11.3 Å². The number of rotatable bonds is 4. The average molecular weight is 244 g/mol. The lowest BCUT2D eigenvalue weighted by Crippen LogP contribution is -2.04. The maximum absolute atomic E-state index is 10.2. The van der Waals surface area contributed by atoms with Crippen LogP contribution in [0.2, 0.25) is 0 Å². The Bertz CT molecular complexity index is 511. The molecule has 1 N–H and O–H groups in total. The van der Waals surface area contributed by atoms with Crippen molar-refractivity contribution < 1.29 is 9.84 Å². The number of hydrogen-bond donors (Lipinski definition) is 1. The Hall–Kier alpha value is -1.94. The molecule has 0 fully saturated rings. The largest absolute Gasteiger partial charge is 0.494 e. The molecule has 1 unspecified atom stereocenters. The quantitative estimate of drug-likeness (QED) is 0.896. The van der Waals surface area contributed by atoms with Crippen LogP contribution in [0.25, 0.3) is 0 Å². The van der Waals surface area contributed by atoms with Crippen LogP contribution in [0.1, 0.15) is 30.1 Å². The van der Waals surface area contributed by atoms with E-state index in [2.05, 4.69) is 9.97 Å². The second kappa shape index (κ2) is 5.60. The summed E-state index contributed by atoms with van der Waals surface area (Å²) in [5, 5.41) is 10.2. The first-order valence-electron chi connectivity index (χ1n) is 5.91. The number of benzene rings is 1. The van der Waals surface area contributed by atoms with Gasteiger partial charge in [-0.2, -0.15) is 0 Å². The summed E-state index contributed by atoms with van der Waals surface area (Å²) in [5.74, 6) is 1.45. The summed E-state index contributed by atoms with van der Waals surface area (Å²) in [6.45, 7) is 4.37. The average Bonchev–Trinajstić information content (AvgIpc) is 2.39. The van der Waals surface area contributed by atoms with Crippen LogP contribution in [0.4, 0.5) is 0 Å². The van der Waals surface area contributed by atoms with Crippen molar-refractivity contribution in [2.75, 3.05) is 6.61 Å². The lowest BCUT2D eigenvalue weighted by Gasteiger charge is -2.11. The molecule has 2 aromatic rings. The highest BCUT2D eigenvalue weighted by atomic mass is 16.5. The zero-order chi connectivity index (χ0) is 13.0. The number of aryl methyl sites for hydroxylation is 1. The molecule has 94 valence electrons. The van der Waals surface area contributed by atoms with Gasteiger partial charge in [-0.05, 0) is 37.6 Å². The highest BCUT2D eigenvalue weighted by Crippen LogP contribution is 2.22. The van der Waals surface area contributed by atoms with Crippen LogP contribution in [-0.2, 0) is 0 Å². The Morgan fingerprint density at radius 3 is 2.56 bits per heavy atom. The van der Waals surface area contributed by atoms with Crippen LogP contribution in [0.15, 0.2) is 36.5 Å². The fraction of sp³-hybridized carbons (Fsp3) is 0.286. The maximum atomic E-state index is 10.2. The van der Waals surface area contributed by atoms with Crippen molar-refractivity contribution in [2.24, 2.45) is 0 Å². The number of aromatic nitrogens is 2. The number of hydrogen-bond acceptors (Lipinski definition) is 4. The Kier molecular flexibility index (Phi) is 3.89. The summed E-state index contributed by atoms with van der Waals surface area (Å²) in [6, 6.07) is 9.08. The van der Waals surface area contributed by atoms with Crippen LogP contribution >= 0.6 is 0 Å². The molecule has 1 aromatic carbocycles. The van der Waals surface area contributed by atoms with Crippen LogP contribution in [-0.4, -0.2) is 21.7 Å². The number of nitrogens with zero attached hydrogens (tertiary/aromatic N) is 2. The Morgan fingerprint density at radius 1 is 1.22 bits per heavy atom. The summed E-state index contributed by atoms with van der Waals surface area (Å²) in [6.07, 6.45) is 0.914. The van der Waals surface area contributed by atoms with Gasteiger partial charge < -0.3 is 9.84 Å². The molecule has 18 heavy (non-hydrogen) atoms. The first-order chi connectivity index (χ1) is 8.70. The molecule has 4 heteroatoms. The van der Waals surface area contributed by atoms with Gasteiger partial charge in [0, 0.05) is 6.20 Å². The SMILES string of the molecule is CCOc1ccc(C(O)c2ccnc(C)n2)cc1. The van der Waals surface area contributed by atoms with E-state index in [-0.39, 0.29) is 0 Å². The van der Waals surface area contributed by atoms with Gasteiger partial charge >= 0.3 is 0 Å². The molecular formula is C14H16N2O2. The second-order valence-corrected chi connectivity index (χ2v) is 3.93. The van der Waals surface area contributed by atoms with Crippen LogP contribution in [0.3, 0.4) is 0 Å². The van der Waals surface area contributed by atoms with Crippen LogP contribution in [0.5, 0.6) is 5.75 Å². The van der Waals surface area contributed by atoms with E-state index < -0.39 is 6.10 Å². The van der Waals surface area contributed by atoms with Crippen molar-refractivity contribution in [3.8, 4) is 5.75 Å². The third kappa shape index (κ3) is 2.84. The molecule has 4 nitrogen and oxygen atoms in total. The summed E-state index contributed by atoms with van der Waals surface area (Å²) in [4.78, 5) is 8.23. The molecule has 0 aliphatic carbocycles. The van der Waals surface area contributed by atoms with Crippen molar-refractivity contribution >= 4 is 0 Å². The van der Waals surface area contributed by atoms with Crippen molar-refractivity contribution in [1.29, 1.82) is 0 Å². The fourth-order valence-electron chi connectivity index (χ4n) is 1.71. The topological polar surface area (TPSA) is 55.2 Å². The predicted octanol–water partition coefficient (Wildman–Crippen LogP) is 2.27. The third-order valence-corrected chi connectivity index (χ3v) is 2.58. The van der Waals surface area contributed by atoms with E-state index in [9.17, 15) is 5.11 Å². The van der Waals surface area contributed by atoms with Gasteiger partial charge in [0.05, 0.1) is 12.3 Å². The van der Waals surface area contributed by atoms with Crippen LogP contribution in [0, 0.1) is 6.92 Å². The van der Waals surface area contributed by atoms with Crippen molar-refractivity contribution in [3.63, 3.8) is 0 Å². The van der Waals surface area contributed by atoms with Gasteiger partial charge in [-0.15, -0.1) is 0 Å². The predicted molar refractivity (Wildman–Crippen MR) is 68.4 cm³/mol. The molecular weight excluding hydrogens is 228 g/mol. The minimum atomic E-state index is -0.734. The minimum absolute atomic E-state index is 0.603. The highest BCUT2D eigenvalue weighted by molar-refractivity contribution is 5.31. The van der Waals surface area contributed by atoms with Gasteiger partial charge in [-0.3, -0.25) is 0 Å². The number of ether oxygens (including phenoxy) is 1. The van der Waals surface area contributed by atoms with Crippen molar-refractivity contribution in [1.82, 2.24) is 9.97 Å². The molecule has 2 rings (SSSR count). The monoisotopic (exact) mass is 244 g/mol. The van der Waals surface area contributed by atoms with Gasteiger partial charge in [0.15, 0.2) is 0 Å². The molecule has 0 aliphatic rings. The zero-order valence-electron chi connectivity index (χ0n) is 10.5. The zero-order valence-corrected chi connectivity index (χ0v) is 10.5. The summed E-state index contributed by atoms with van der Waals surface area (Å²) in [5.41, 5.74) is 1.39. The molecule has 0 saturated heterocycles. The van der Waals surface area contributed by atoms with E-state index >= 15 is 0 Å². The molecule has 0 aliphatic heterocycles. The molecule has 0 bridgehead atoms. The number of aliphatic hydroxyl groups is 1. The Morgan fingerprint density at radius 2 is 1.94 bits per heavy atom. The van der Waals surface area contributed by atoms with Gasteiger partial charge in [0.25, 0.3) is 0 Å². The van der Waals surface area contributed by atoms with Gasteiger partial charge in [-0.25, -0.2) is 9.97 Å². The molecule has 0 radical (unpaired) electrons. The van der Waals surface area contributed by atoms with Crippen molar-refractivity contribution in [3.05, 3.63) is 53.6 Å². The van der Waals surface area contributed by atoms with E-state index in [1.54, 1.807) is 19.2 Å². The maximum Gasteiger partial charge on any atom is 0.125 e. The lowest BCUT2D eigenvalue weighted by atomic mass is 10.1. The summed E-state index contributed by atoms with van der Waals surface area (Å²) >= 11 is 0. The fourth-order valence-corrected chi connectivity index (χ4v) is 1.71. The first kappa shape index (κ1) is 12.5. The molecule has 0 spiro atoms. The highest BCUT2D eigenvalue weighted by Gasteiger charge is 2.12. The lowest BCUT2D eigenvalue weighted by molar-refractivity contribution is 0.214. The van der Waals surface area contributed by atoms with Crippen LogP contribution < -0.4 is 4.74 Å². The molecule has 1 atom stereocenters. The standard InChI is InChI=1S/C14H16N2O2/c1-3-18-12-6-4-11(5-7-12)14(17)13-8-9-15-10(2)16-13/h4-9,14,17H,3H2,1-2H3. The molecule has 0 amide bonds. The van der Waals surface area contributed by atoms with E-state index in [0.29, 0.717) is 18.1 Å². The van der Waals surface area contributed by atoms with Gasteiger partial charge in [0.1, 0.15) is 17.7 Å². The summed E-state index contributed by atoms with van der Waals surface area (Å²) in [7, 11) is 0. The smallest absolute Gasteiger partial charge is 0.125 e.